The number of hydrogen-bond acceptors (Lipinski definition) is 3. The molecule has 2 unspecified atom stereocenters. The third kappa shape index (κ3) is 3.79. The molecule has 4 heteroatoms. The SMILES string of the molecule is CNC1CC/C=C/C(OC(=O)O)CC1. The first-order valence-corrected chi connectivity index (χ1v) is 4.96. The summed E-state index contributed by atoms with van der Waals surface area (Å²) in [4.78, 5) is 10.3. The van der Waals surface area contributed by atoms with E-state index in [0.29, 0.717) is 6.04 Å². The molecule has 0 heterocycles. The van der Waals surface area contributed by atoms with Gasteiger partial charge in [0.2, 0.25) is 0 Å². The van der Waals surface area contributed by atoms with Crippen LogP contribution in [0.15, 0.2) is 12.2 Å². The van der Waals surface area contributed by atoms with Gasteiger partial charge in [-0.2, -0.15) is 0 Å². The maximum atomic E-state index is 10.3. The summed E-state index contributed by atoms with van der Waals surface area (Å²) >= 11 is 0. The van der Waals surface area contributed by atoms with E-state index in [0.717, 1.165) is 25.7 Å². The van der Waals surface area contributed by atoms with Gasteiger partial charge in [-0.25, -0.2) is 4.79 Å². The predicted molar refractivity (Wildman–Crippen MR) is 53.4 cm³/mol. The van der Waals surface area contributed by atoms with Gasteiger partial charge in [-0.15, -0.1) is 0 Å². The van der Waals surface area contributed by atoms with Crippen molar-refractivity contribution >= 4 is 6.16 Å². The third-order valence-electron chi connectivity index (χ3n) is 2.49. The minimum absolute atomic E-state index is 0.274. The average Bonchev–Trinajstić information content (AvgIpc) is 2.10. The molecule has 0 spiro atoms. The Hall–Kier alpha value is -1.03. The molecule has 0 radical (unpaired) electrons. The van der Waals surface area contributed by atoms with Gasteiger partial charge in [0.15, 0.2) is 0 Å². The Morgan fingerprint density at radius 2 is 2.29 bits per heavy atom. The monoisotopic (exact) mass is 199 g/mol. The van der Waals surface area contributed by atoms with E-state index in [2.05, 4.69) is 5.32 Å². The number of nitrogens with one attached hydrogen (secondary N) is 1. The first kappa shape index (κ1) is 11.0. The van der Waals surface area contributed by atoms with E-state index >= 15 is 0 Å². The second-order valence-corrected chi connectivity index (χ2v) is 3.49. The highest BCUT2D eigenvalue weighted by Gasteiger charge is 2.15. The molecule has 0 saturated heterocycles. The Labute approximate surface area is 83.9 Å². The largest absolute Gasteiger partial charge is 0.506 e. The Balaban J connectivity index is 2.44. The lowest BCUT2D eigenvalue weighted by molar-refractivity contribution is 0.0638. The van der Waals surface area contributed by atoms with Crippen LogP contribution in [0.25, 0.3) is 0 Å². The first-order valence-electron chi connectivity index (χ1n) is 4.96. The molecule has 1 rings (SSSR count). The average molecular weight is 199 g/mol. The Morgan fingerprint density at radius 1 is 1.50 bits per heavy atom. The molecule has 14 heavy (non-hydrogen) atoms. The fraction of sp³-hybridized carbons (Fsp3) is 0.700. The first-order chi connectivity index (χ1) is 6.72. The van der Waals surface area contributed by atoms with Crippen LogP contribution in [0.3, 0.4) is 0 Å². The molecule has 80 valence electrons. The lowest BCUT2D eigenvalue weighted by Gasteiger charge is -2.20. The molecule has 0 aromatic heterocycles. The Bertz CT molecular complexity index is 215. The topological polar surface area (TPSA) is 58.6 Å². The van der Waals surface area contributed by atoms with Crippen LogP contribution < -0.4 is 5.32 Å². The van der Waals surface area contributed by atoms with E-state index in [-0.39, 0.29) is 6.10 Å². The molecular formula is C10H17NO3. The zero-order valence-electron chi connectivity index (χ0n) is 8.40. The van der Waals surface area contributed by atoms with Crippen LogP contribution in [0.2, 0.25) is 0 Å². The van der Waals surface area contributed by atoms with Crippen LogP contribution in [0.4, 0.5) is 4.79 Å². The number of rotatable bonds is 2. The molecule has 0 saturated carbocycles. The number of allylic oxidation sites excluding steroid dienone is 1. The summed E-state index contributed by atoms with van der Waals surface area (Å²) in [6.07, 6.45) is 6.17. The van der Waals surface area contributed by atoms with Crippen molar-refractivity contribution in [2.75, 3.05) is 7.05 Å². The molecule has 2 N–H and O–H groups in total. The van der Waals surface area contributed by atoms with Gasteiger partial charge in [0.25, 0.3) is 0 Å². The van der Waals surface area contributed by atoms with Crippen molar-refractivity contribution in [3.63, 3.8) is 0 Å². The number of ether oxygens (including phenoxy) is 1. The van der Waals surface area contributed by atoms with E-state index in [1.807, 2.05) is 19.2 Å². The van der Waals surface area contributed by atoms with E-state index < -0.39 is 6.16 Å². The molecule has 0 aliphatic heterocycles. The summed E-state index contributed by atoms with van der Waals surface area (Å²) in [5.74, 6) is 0. The predicted octanol–water partition coefficient (Wildman–Crippen LogP) is 1.77. The standard InChI is InChI=1S/C10H17NO3/c1-11-8-4-2-3-5-9(7-6-8)14-10(12)13/h3,5,8-9,11H,2,4,6-7H2,1H3,(H,12,13)/b5-3+. The van der Waals surface area contributed by atoms with Crippen molar-refractivity contribution in [2.45, 2.75) is 37.8 Å². The van der Waals surface area contributed by atoms with Crippen LogP contribution in [-0.4, -0.2) is 30.5 Å². The number of carbonyl (C=O) groups is 1. The van der Waals surface area contributed by atoms with Crippen LogP contribution in [-0.2, 0) is 4.74 Å². The Morgan fingerprint density at radius 3 is 2.93 bits per heavy atom. The van der Waals surface area contributed by atoms with Crippen molar-refractivity contribution in [1.29, 1.82) is 0 Å². The molecule has 0 fully saturated rings. The van der Waals surface area contributed by atoms with Gasteiger partial charge in [0.05, 0.1) is 0 Å². The summed E-state index contributed by atoms with van der Waals surface area (Å²) in [5, 5.41) is 11.7. The molecule has 4 nitrogen and oxygen atoms in total. The minimum atomic E-state index is -1.19. The van der Waals surface area contributed by atoms with Gasteiger partial charge in [0, 0.05) is 6.04 Å². The molecular weight excluding hydrogens is 182 g/mol. The molecule has 1 aliphatic carbocycles. The molecule has 0 bridgehead atoms. The van der Waals surface area contributed by atoms with Gasteiger partial charge in [-0.1, -0.05) is 6.08 Å². The van der Waals surface area contributed by atoms with Crippen molar-refractivity contribution in [2.24, 2.45) is 0 Å². The maximum Gasteiger partial charge on any atom is 0.506 e. The van der Waals surface area contributed by atoms with Gasteiger partial charge >= 0.3 is 6.16 Å². The molecule has 0 aromatic rings. The smallest absolute Gasteiger partial charge is 0.450 e. The van der Waals surface area contributed by atoms with E-state index in [4.69, 9.17) is 9.84 Å². The minimum Gasteiger partial charge on any atom is -0.450 e. The quantitative estimate of drug-likeness (QED) is 0.525. The van der Waals surface area contributed by atoms with Crippen molar-refractivity contribution in [3.05, 3.63) is 12.2 Å². The number of carboxylic acid groups (broad SMARTS) is 1. The van der Waals surface area contributed by atoms with Gasteiger partial charge < -0.3 is 15.2 Å². The molecule has 2 atom stereocenters. The second-order valence-electron chi connectivity index (χ2n) is 3.49. The molecule has 0 aromatic carbocycles. The highest BCUT2D eigenvalue weighted by atomic mass is 16.7. The zero-order valence-corrected chi connectivity index (χ0v) is 8.40. The van der Waals surface area contributed by atoms with E-state index in [1.54, 1.807) is 0 Å². The highest BCUT2D eigenvalue weighted by Crippen LogP contribution is 2.14. The summed E-state index contributed by atoms with van der Waals surface area (Å²) in [5.41, 5.74) is 0. The van der Waals surface area contributed by atoms with Crippen LogP contribution in [0.1, 0.15) is 25.7 Å². The van der Waals surface area contributed by atoms with Gasteiger partial charge in [-0.3, -0.25) is 0 Å². The van der Waals surface area contributed by atoms with Crippen LogP contribution >= 0.6 is 0 Å². The van der Waals surface area contributed by atoms with E-state index in [1.165, 1.54) is 0 Å². The van der Waals surface area contributed by atoms with Crippen LogP contribution in [0, 0.1) is 0 Å². The highest BCUT2D eigenvalue weighted by molar-refractivity contribution is 5.57. The molecule has 1 aliphatic rings. The van der Waals surface area contributed by atoms with Gasteiger partial charge in [-0.05, 0) is 38.8 Å². The summed E-state index contributed by atoms with van der Waals surface area (Å²) in [6.45, 7) is 0. The number of hydrogen-bond donors (Lipinski definition) is 2. The summed E-state index contributed by atoms with van der Waals surface area (Å²) in [7, 11) is 1.93. The van der Waals surface area contributed by atoms with Crippen molar-refractivity contribution < 1.29 is 14.6 Å². The lowest BCUT2D eigenvalue weighted by atomic mass is 10.00. The fourth-order valence-electron chi connectivity index (χ4n) is 1.67. The second kappa shape index (κ2) is 5.65. The van der Waals surface area contributed by atoms with Crippen molar-refractivity contribution in [1.82, 2.24) is 5.32 Å². The lowest BCUT2D eigenvalue weighted by Crippen LogP contribution is -2.28. The van der Waals surface area contributed by atoms with Crippen LogP contribution in [0.5, 0.6) is 0 Å². The summed E-state index contributed by atoms with van der Waals surface area (Å²) in [6, 6.07) is 0.472. The summed E-state index contributed by atoms with van der Waals surface area (Å²) < 4.78 is 4.72. The van der Waals surface area contributed by atoms with Gasteiger partial charge in [0.1, 0.15) is 6.10 Å². The Kier molecular flexibility index (Phi) is 4.46. The third-order valence-corrected chi connectivity index (χ3v) is 2.49. The maximum absolute atomic E-state index is 10.3. The zero-order chi connectivity index (χ0) is 10.4. The van der Waals surface area contributed by atoms with E-state index in [9.17, 15) is 4.79 Å². The molecule has 0 amide bonds. The van der Waals surface area contributed by atoms with Crippen molar-refractivity contribution in [3.8, 4) is 0 Å². The normalized spacial score (nSPS) is 30.1. The fourth-order valence-corrected chi connectivity index (χ4v) is 1.67.